The highest BCUT2D eigenvalue weighted by atomic mass is 16.5. The van der Waals surface area contributed by atoms with Gasteiger partial charge in [0.05, 0.1) is 12.1 Å². The summed E-state index contributed by atoms with van der Waals surface area (Å²) in [7, 11) is 0. The van der Waals surface area contributed by atoms with Crippen molar-refractivity contribution in [1.82, 2.24) is 5.32 Å². The van der Waals surface area contributed by atoms with Crippen LogP contribution in [-0.2, 0) is 4.74 Å². The summed E-state index contributed by atoms with van der Waals surface area (Å²) in [6.45, 7) is 0.595. The molecule has 1 saturated carbocycles. The van der Waals surface area contributed by atoms with E-state index in [2.05, 4.69) is 66.0 Å². The lowest BCUT2D eigenvalue weighted by atomic mass is 9.95. The lowest BCUT2D eigenvalue weighted by Crippen LogP contribution is -2.29. The van der Waals surface area contributed by atoms with Crippen molar-refractivity contribution in [1.29, 1.82) is 0 Å². The van der Waals surface area contributed by atoms with Crippen LogP contribution in [0.1, 0.15) is 61.7 Å². The van der Waals surface area contributed by atoms with Gasteiger partial charge in [0.25, 0.3) is 0 Å². The summed E-state index contributed by atoms with van der Waals surface area (Å²) in [4.78, 5) is 5.00. The van der Waals surface area contributed by atoms with Crippen molar-refractivity contribution in [3.63, 3.8) is 0 Å². The molecular weight excluding hydrogens is 320 g/mol. The molecule has 4 rings (SSSR count). The molecule has 1 fully saturated rings. The first kappa shape index (κ1) is 17.3. The number of nitrogens with one attached hydrogen (secondary N) is 1. The third-order valence-electron chi connectivity index (χ3n) is 5.49. The summed E-state index contributed by atoms with van der Waals surface area (Å²) in [5.74, 6) is 0.983. The van der Waals surface area contributed by atoms with Gasteiger partial charge in [-0.3, -0.25) is 4.99 Å². The molecule has 0 spiro atoms. The summed E-state index contributed by atoms with van der Waals surface area (Å²) in [6.07, 6.45) is 8.08. The van der Waals surface area contributed by atoms with Crippen LogP contribution in [0.4, 0.5) is 0 Å². The van der Waals surface area contributed by atoms with Crippen molar-refractivity contribution in [2.75, 3.05) is 6.61 Å². The Morgan fingerprint density at radius 1 is 0.808 bits per heavy atom. The van der Waals surface area contributed by atoms with E-state index in [0.717, 1.165) is 5.84 Å². The summed E-state index contributed by atoms with van der Waals surface area (Å²) >= 11 is 0. The molecule has 0 saturated heterocycles. The lowest BCUT2D eigenvalue weighted by molar-refractivity contribution is 0.0690. The van der Waals surface area contributed by atoms with E-state index in [1.54, 1.807) is 0 Å². The van der Waals surface area contributed by atoms with E-state index in [1.807, 2.05) is 0 Å². The van der Waals surface area contributed by atoms with Crippen LogP contribution in [0.15, 0.2) is 65.7 Å². The van der Waals surface area contributed by atoms with E-state index in [-0.39, 0.29) is 12.1 Å². The highest BCUT2D eigenvalue weighted by Crippen LogP contribution is 2.36. The van der Waals surface area contributed by atoms with Crippen LogP contribution in [-0.4, -0.2) is 18.5 Å². The van der Waals surface area contributed by atoms with Gasteiger partial charge < -0.3 is 10.1 Å². The molecule has 2 atom stereocenters. The first-order chi connectivity index (χ1) is 12.9. The molecule has 1 aliphatic heterocycles. The number of aliphatic imine (C=N–C) groups is 1. The van der Waals surface area contributed by atoms with Gasteiger partial charge in [-0.05, 0) is 24.0 Å². The molecule has 3 heteroatoms. The Morgan fingerprint density at radius 2 is 1.42 bits per heavy atom. The van der Waals surface area contributed by atoms with E-state index in [1.165, 1.54) is 49.7 Å². The van der Waals surface area contributed by atoms with Crippen LogP contribution in [0, 0.1) is 0 Å². The highest BCUT2D eigenvalue weighted by Gasteiger charge is 2.31. The van der Waals surface area contributed by atoms with Gasteiger partial charge >= 0.3 is 0 Å². The van der Waals surface area contributed by atoms with E-state index in [9.17, 15) is 0 Å². The highest BCUT2D eigenvalue weighted by molar-refractivity contribution is 5.86. The molecular formula is C23H28N2O. The molecule has 0 bridgehead atoms. The Morgan fingerprint density at radius 3 is 2.08 bits per heavy atom. The Labute approximate surface area is 156 Å². The quantitative estimate of drug-likeness (QED) is 0.753. The van der Waals surface area contributed by atoms with Gasteiger partial charge in [0.15, 0.2) is 0 Å². The number of ether oxygens (including phenoxy) is 1. The van der Waals surface area contributed by atoms with Gasteiger partial charge in [-0.2, -0.15) is 0 Å². The second-order valence-electron chi connectivity index (χ2n) is 7.39. The molecule has 3 nitrogen and oxygen atoms in total. The van der Waals surface area contributed by atoms with Crippen molar-refractivity contribution in [3.8, 4) is 0 Å². The topological polar surface area (TPSA) is 33.6 Å². The molecule has 1 aliphatic carbocycles. The van der Waals surface area contributed by atoms with Gasteiger partial charge in [-0.15, -0.1) is 0 Å². The Hall–Kier alpha value is -2.13. The smallest absolute Gasteiger partial charge is 0.124 e. The third-order valence-corrected chi connectivity index (χ3v) is 5.49. The number of benzene rings is 2. The number of nitrogens with zero attached hydrogens (tertiary/aromatic N) is 1. The first-order valence-corrected chi connectivity index (χ1v) is 9.95. The number of amidine groups is 1. The minimum absolute atomic E-state index is 0.103. The van der Waals surface area contributed by atoms with E-state index >= 15 is 0 Å². The predicted molar refractivity (Wildman–Crippen MR) is 106 cm³/mol. The van der Waals surface area contributed by atoms with Gasteiger partial charge in [0.1, 0.15) is 18.5 Å². The minimum Gasteiger partial charge on any atom is -0.370 e. The standard InChI is InChI=1S/C23H28N2O/c1-2-10-16-20(15-9-1)26-17-21-24-22(18-11-5-3-6-12-18)23(25-21)19-13-7-4-8-14-19/h3-8,11-14,20,22-23H,1-2,9-10,15-17H2,(H,24,25)/t22-,23?/m0/s1. The second-order valence-corrected chi connectivity index (χ2v) is 7.39. The van der Waals surface area contributed by atoms with E-state index in [4.69, 9.17) is 9.73 Å². The molecule has 0 radical (unpaired) electrons. The zero-order valence-corrected chi connectivity index (χ0v) is 15.3. The predicted octanol–water partition coefficient (Wildman–Crippen LogP) is 5.21. The Kier molecular flexibility index (Phi) is 5.65. The molecule has 2 aromatic carbocycles. The summed E-state index contributed by atoms with van der Waals surface area (Å²) < 4.78 is 6.22. The number of rotatable bonds is 5. The molecule has 0 aromatic heterocycles. The number of hydrogen-bond donors (Lipinski definition) is 1. The van der Waals surface area contributed by atoms with Crippen LogP contribution in [0.25, 0.3) is 0 Å². The Balaban J connectivity index is 1.48. The first-order valence-electron chi connectivity index (χ1n) is 9.95. The normalized spacial score (nSPS) is 23.9. The average Bonchev–Trinajstić information content (AvgIpc) is 2.96. The molecule has 136 valence electrons. The fraction of sp³-hybridized carbons (Fsp3) is 0.435. The zero-order valence-electron chi connectivity index (χ0n) is 15.3. The maximum absolute atomic E-state index is 6.22. The van der Waals surface area contributed by atoms with Crippen molar-refractivity contribution >= 4 is 5.84 Å². The van der Waals surface area contributed by atoms with Crippen LogP contribution >= 0.6 is 0 Å². The average molecular weight is 348 g/mol. The van der Waals surface area contributed by atoms with Crippen molar-refractivity contribution in [2.45, 2.75) is 56.7 Å². The minimum atomic E-state index is 0.103. The molecule has 1 N–H and O–H groups in total. The Bertz CT molecular complexity index is 706. The van der Waals surface area contributed by atoms with Crippen LogP contribution in [0.5, 0.6) is 0 Å². The molecule has 1 unspecified atom stereocenters. The maximum atomic E-state index is 6.22. The lowest BCUT2D eigenvalue weighted by Gasteiger charge is -2.20. The summed E-state index contributed by atoms with van der Waals surface area (Å²) in [5, 5.41) is 3.64. The molecule has 1 heterocycles. The van der Waals surface area contributed by atoms with Gasteiger partial charge in [0, 0.05) is 0 Å². The van der Waals surface area contributed by atoms with E-state index < -0.39 is 0 Å². The van der Waals surface area contributed by atoms with Gasteiger partial charge in [-0.25, -0.2) is 0 Å². The zero-order chi connectivity index (χ0) is 17.6. The second kappa shape index (κ2) is 8.50. The van der Waals surface area contributed by atoms with Crippen LogP contribution in [0.3, 0.4) is 0 Å². The van der Waals surface area contributed by atoms with Crippen molar-refractivity contribution in [3.05, 3.63) is 71.8 Å². The molecule has 2 aliphatic rings. The SMILES string of the molecule is c1ccc(C2NC(COC3CCCCCC3)=N[C@H]2c2ccccc2)cc1. The van der Waals surface area contributed by atoms with Crippen molar-refractivity contribution in [2.24, 2.45) is 4.99 Å². The van der Waals surface area contributed by atoms with E-state index in [0.29, 0.717) is 12.7 Å². The third kappa shape index (κ3) is 4.16. The summed E-state index contributed by atoms with van der Waals surface area (Å²) in [5.41, 5.74) is 2.52. The molecule has 0 amide bonds. The monoisotopic (exact) mass is 348 g/mol. The van der Waals surface area contributed by atoms with Crippen LogP contribution < -0.4 is 5.32 Å². The van der Waals surface area contributed by atoms with Crippen LogP contribution in [0.2, 0.25) is 0 Å². The summed E-state index contributed by atoms with van der Waals surface area (Å²) in [6, 6.07) is 21.5. The largest absolute Gasteiger partial charge is 0.370 e. The molecule has 26 heavy (non-hydrogen) atoms. The van der Waals surface area contributed by atoms with Crippen molar-refractivity contribution < 1.29 is 4.74 Å². The van der Waals surface area contributed by atoms with Gasteiger partial charge in [-0.1, -0.05) is 86.3 Å². The fourth-order valence-corrected chi connectivity index (χ4v) is 4.07. The van der Waals surface area contributed by atoms with Gasteiger partial charge in [0.2, 0.25) is 0 Å². The number of hydrogen-bond acceptors (Lipinski definition) is 3. The fourth-order valence-electron chi connectivity index (χ4n) is 4.07. The maximum Gasteiger partial charge on any atom is 0.124 e. The molecule has 2 aromatic rings.